The molecule has 3 aromatic carbocycles. The normalized spacial score (nSPS) is 13.4. The Balaban J connectivity index is 1.72. The maximum absolute atomic E-state index is 12.4. The number of benzene rings is 3. The summed E-state index contributed by atoms with van der Waals surface area (Å²) in [4.78, 5) is 12.4. The number of carbonyl (C=O) groups is 1. The summed E-state index contributed by atoms with van der Waals surface area (Å²) < 4.78 is 0. The highest BCUT2D eigenvalue weighted by atomic mass is 16.3. The van der Waals surface area contributed by atoms with Crippen LogP contribution >= 0.6 is 0 Å². The second-order valence-electron chi connectivity index (χ2n) is 6.03. The molecule has 0 spiro atoms. The molecule has 0 aromatic heterocycles. The summed E-state index contributed by atoms with van der Waals surface area (Å²) in [6.45, 7) is -0.336. The zero-order valence-electron chi connectivity index (χ0n) is 13.8. The first-order valence-corrected chi connectivity index (χ1v) is 8.29. The van der Waals surface area contributed by atoms with Crippen molar-refractivity contribution in [2.45, 2.75) is 18.6 Å². The predicted molar refractivity (Wildman–Crippen MR) is 98.1 cm³/mol. The number of rotatable bonds is 6. The van der Waals surface area contributed by atoms with Gasteiger partial charge in [-0.1, -0.05) is 72.8 Å². The molecule has 2 atom stereocenters. The number of hydrogen-bond acceptors (Lipinski definition) is 3. The van der Waals surface area contributed by atoms with Gasteiger partial charge in [0.1, 0.15) is 6.10 Å². The topological polar surface area (TPSA) is 69.6 Å². The third-order valence-corrected chi connectivity index (χ3v) is 4.30. The summed E-state index contributed by atoms with van der Waals surface area (Å²) in [6.07, 6.45) is -0.762. The van der Waals surface area contributed by atoms with Gasteiger partial charge >= 0.3 is 0 Å². The molecular weight excluding hydrogens is 314 g/mol. The fourth-order valence-corrected chi connectivity index (χ4v) is 2.98. The number of hydrogen-bond donors (Lipinski definition) is 3. The van der Waals surface area contributed by atoms with Gasteiger partial charge in [-0.05, 0) is 21.9 Å². The molecule has 0 bridgehead atoms. The minimum Gasteiger partial charge on any atom is -0.394 e. The van der Waals surface area contributed by atoms with E-state index >= 15 is 0 Å². The van der Waals surface area contributed by atoms with E-state index in [9.17, 15) is 15.0 Å². The van der Waals surface area contributed by atoms with Crippen molar-refractivity contribution in [3.05, 3.63) is 83.9 Å². The molecule has 0 radical (unpaired) electrons. The molecule has 128 valence electrons. The Labute approximate surface area is 146 Å². The largest absolute Gasteiger partial charge is 0.394 e. The fourth-order valence-electron chi connectivity index (χ4n) is 2.98. The van der Waals surface area contributed by atoms with Crippen molar-refractivity contribution in [1.29, 1.82) is 0 Å². The highest BCUT2D eigenvalue weighted by Crippen LogP contribution is 2.20. The van der Waals surface area contributed by atoms with E-state index in [1.807, 2.05) is 60.7 Å². The first-order chi connectivity index (χ1) is 12.2. The number of carbonyl (C=O) groups excluding carboxylic acids is 1. The summed E-state index contributed by atoms with van der Waals surface area (Å²) in [5, 5.41) is 24.8. The minimum absolute atomic E-state index is 0.194. The van der Waals surface area contributed by atoms with E-state index in [1.165, 1.54) is 0 Å². The van der Waals surface area contributed by atoms with E-state index in [0.717, 1.165) is 16.3 Å². The smallest absolute Gasteiger partial charge is 0.224 e. The first-order valence-electron chi connectivity index (χ1n) is 8.29. The Kier molecular flexibility index (Phi) is 5.43. The van der Waals surface area contributed by atoms with Gasteiger partial charge in [0, 0.05) is 0 Å². The quantitative estimate of drug-likeness (QED) is 0.648. The lowest BCUT2D eigenvalue weighted by atomic mass is 10.0. The molecule has 0 saturated carbocycles. The number of aliphatic hydroxyl groups excluding tert-OH is 2. The van der Waals surface area contributed by atoms with Gasteiger partial charge in [0.15, 0.2) is 0 Å². The minimum atomic E-state index is -0.956. The molecule has 0 fully saturated rings. The van der Waals surface area contributed by atoms with Crippen molar-refractivity contribution in [1.82, 2.24) is 5.32 Å². The molecule has 3 rings (SSSR count). The lowest BCUT2D eigenvalue weighted by Gasteiger charge is -2.22. The van der Waals surface area contributed by atoms with E-state index < -0.39 is 12.1 Å². The highest BCUT2D eigenvalue weighted by Gasteiger charge is 2.22. The molecule has 0 heterocycles. The van der Waals surface area contributed by atoms with Crippen LogP contribution in [0.2, 0.25) is 0 Å². The molecule has 0 saturated heterocycles. The lowest BCUT2D eigenvalue weighted by molar-refractivity contribution is -0.122. The molecule has 3 N–H and O–H groups in total. The van der Waals surface area contributed by atoms with Crippen molar-refractivity contribution in [2.75, 3.05) is 6.61 Å². The van der Waals surface area contributed by atoms with Gasteiger partial charge in [-0.2, -0.15) is 0 Å². The Morgan fingerprint density at radius 3 is 2.36 bits per heavy atom. The summed E-state index contributed by atoms with van der Waals surface area (Å²) in [6, 6.07) is 22.0. The average molecular weight is 335 g/mol. The van der Waals surface area contributed by atoms with Gasteiger partial charge in [0.2, 0.25) is 5.91 Å². The summed E-state index contributed by atoms with van der Waals surface area (Å²) in [7, 11) is 0. The first kappa shape index (κ1) is 17.1. The SMILES string of the molecule is O=C(Cc1cccc2ccccc12)N[C@@H](CO)[C@@H](O)c1ccccc1. The van der Waals surface area contributed by atoms with Gasteiger partial charge in [0.25, 0.3) is 0 Å². The summed E-state index contributed by atoms with van der Waals surface area (Å²) in [5.41, 5.74) is 1.58. The molecule has 25 heavy (non-hydrogen) atoms. The highest BCUT2D eigenvalue weighted by molar-refractivity contribution is 5.90. The monoisotopic (exact) mass is 335 g/mol. The molecule has 3 aromatic rings. The van der Waals surface area contributed by atoms with Crippen LogP contribution in [0.5, 0.6) is 0 Å². The van der Waals surface area contributed by atoms with Crippen LogP contribution in [-0.4, -0.2) is 28.8 Å². The van der Waals surface area contributed by atoms with E-state index in [4.69, 9.17) is 0 Å². The standard InChI is InChI=1S/C21H21NO3/c23-14-19(21(25)16-8-2-1-3-9-16)22-20(24)13-17-11-6-10-15-7-4-5-12-18(15)17/h1-12,19,21,23,25H,13-14H2,(H,22,24)/t19-,21-/m0/s1. The van der Waals surface area contributed by atoms with Crippen LogP contribution in [0.3, 0.4) is 0 Å². The number of aliphatic hydroxyl groups is 2. The molecule has 4 heteroatoms. The van der Waals surface area contributed by atoms with Crippen molar-refractivity contribution in [3.8, 4) is 0 Å². The lowest BCUT2D eigenvalue weighted by Crippen LogP contribution is -2.42. The molecule has 0 aliphatic carbocycles. The van der Waals surface area contributed by atoms with Crippen LogP contribution in [0.1, 0.15) is 17.2 Å². The maximum Gasteiger partial charge on any atom is 0.224 e. The zero-order chi connectivity index (χ0) is 17.6. The van der Waals surface area contributed by atoms with Gasteiger partial charge in [-0.3, -0.25) is 4.79 Å². The van der Waals surface area contributed by atoms with Gasteiger partial charge in [0.05, 0.1) is 19.1 Å². The maximum atomic E-state index is 12.4. The molecule has 1 amide bonds. The van der Waals surface area contributed by atoms with Crippen LogP contribution < -0.4 is 5.32 Å². The fraction of sp³-hybridized carbons (Fsp3) is 0.190. The van der Waals surface area contributed by atoms with Crippen molar-refractivity contribution in [2.24, 2.45) is 0 Å². The third-order valence-electron chi connectivity index (χ3n) is 4.30. The van der Waals surface area contributed by atoms with Crippen LogP contribution in [0, 0.1) is 0 Å². The second-order valence-corrected chi connectivity index (χ2v) is 6.03. The van der Waals surface area contributed by atoms with Crippen LogP contribution in [0.15, 0.2) is 72.8 Å². The zero-order valence-corrected chi connectivity index (χ0v) is 13.8. The molecule has 0 aliphatic rings. The molecule has 4 nitrogen and oxygen atoms in total. The van der Waals surface area contributed by atoms with Crippen molar-refractivity contribution < 1.29 is 15.0 Å². The molecule has 0 aliphatic heterocycles. The Morgan fingerprint density at radius 2 is 1.60 bits per heavy atom. The van der Waals surface area contributed by atoms with Crippen molar-refractivity contribution in [3.63, 3.8) is 0 Å². The predicted octanol–water partition coefficient (Wildman–Crippen LogP) is 2.59. The number of nitrogens with one attached hydrogen (secondary N) is 1. The van der Waals surface area contributed by atoms with Crippen molar-refractivity contribution >= 4 is 16.7 Å². The molecular formula is C21H21NO3. The second kappa shape index (κ2) is 7.92. The number of amides is 1. The Hall–Kier alpha value is -2.69. The average Bonchev–Trinajstić information content (AvgIpc) is 2.66. The molecule has 0 unspecified atom stereocenters. The van der Waals surface area contributed by atoms with Crippen LogP contribution in [0.25, 0.3) is 10.8 Å². The third kappa shape index (κ3) is 4.05. The summed E-state index contributed by atoms with van der Waals surface area (Å²) in [5.74, 6) is -0.231. The number of fused-ring (bicyclic) bond motifs is 1. The van der Waals surface area contributed by atoms with Crippen LogP contribution in [-0.2, 0) is 11.2 Å². The van der Waals surface area contributed by atoms with Gasteiger partial charge < -0.3 is 15.5 Å². The van der Waals surface area contributed by atoms with Crippen LogP contribution in [0.4, 0.5) is 0 Å². The summed E-state index contributed by atoms with van der Waals surface area (Å²) >= 11 is 0. The van der Waals surface area contributed by atoms with Gasteiger partial charge in [-0.25, -0.2) is 0 Å². The van der Waals surface area contributed by atoms with E-state index in [0.29, 0.717) is 5.56 Å². The Bertz CT molecular complexity index is 843. The van der Waals surface area contributed by atoms with E-state index in [1.54, 1.807) is 12.1 Å². The van der Waals surface area contributed by atoms with E-state index in [-0.39, 0.29) is 18.9 Å². The van der Waals surface area contributed by atoms with Gasteiger partial charge in [-0.15, -0.1) is 0 Å². The van der Waals surface area contributed by atoms with E-state index in [2.05, 4.69) is 5.32 Å². The Morgan fingerprint density at radius 1 is 0.920 bits per heavy atom.